The first-order valence-corrected chi connectivity index (χ1v) is 6.85. The lowest BCUT2D eigenvalue weighted by Gasteiger charge is -2.31. The van der Waals surface area contributed by atoms with Gasteiger partial charge < -0.3 is 14.7 Å². The molecule has 1 aromatic rings. The number of nitrogens with zero attached hydrogens (tertiary/aromatic N) is 3. The molecule has 0 aliphatic heterocycles. The summed E-state index contributed by atoms with van der Waals surface area (Å²) in [5.74, 6) is 0. The molecule has 0 amide bonds. The van der Waals surface area contributed by atoms with Crippen molar-refractivity contribution in [3.8, 4) is 0 Å². The van der Waals surface area contributed by atoms with Gasteiger partial charge in [0.15, 0.2) is 0 Å². The van der Waals surface area contributed by atoms with Gasteiger partial charge in [-0.1, -0.05) is 11.6 Å². The van der Waals surface area contributed by atoms with Crippen LogP contribution < -0.4 is 0 Å². The van der Waals surface area contributed by atoms with Gasteiger partial charge in [-0.15, -0.1) is 0 Å². The standard InChI is InChI=1S/C13H24ClN3O2/c1-6-19-13(2,3)12(18)11-10(14)9-15-17(11)8-7-16(4)5/h9,12,18H,6-8H2,1-5H3. The highest BCUT2D eigenvalue weighted by atomic mass is 35.5. The van der Waals surface area contributed by atoms with Gasteiger partial charge in [0, 0.05) is 13.2 Å². The molecule has 1 atom stereocenters. The predicted molar refractivity (Wildman–Crippen MR) is 76.5 cm³/mol. The van der Waals surface area contributed by atoms with Crippen LogP contribution in [0.5, 0.6) is 0 Å². The molecule has 1 N–H and O–H groups in total. The van der Waals surface area contributed by atoms with Crippen molar-refractivity contribution in [3.05, 3.63) is 16.9 Å². The quantitative estimate of drug-likeness (QED) is 0.833. The van der Waals surface area contributed by atoms with Crippen molar-refractivity contribution in [2.24, 2.45) is 0 Å². The average molecular weight is 290 g/mol. The van der Waals surface area contributed by atoms with E-state index in [-0.39, 0.29) is 0 Å². The summed E-state index contributed by atoms with van der Waals surface area (Å²) in [5, 5.41) is 15.2. The van der Waals surface area contributed by atoms with Gasteiger partial charge in [0.05, 0.1) is 29.1 Å². The molecular formula is C13H24ClN3O2. The van der Waals surface area contributed by atoms with Crippen LogP contribution in [0.4, 0.5) is 0 Å². The minimum Gasteiger partial charge on any atom is -0.384 e. The number of likely N-dealkylation sites (N-methyl/N-ethyl adjacent to an activating group) is 1. The van der Waals surface area contributed by atoms with Crippen molar-refractivity contribution in [2.75, 3.05) is 27.2 Å². The average Bonchev–Trinajstić information content (AvgIpc) is 2.66. The molecule has 1 rings (SSSR count). The van der Waals surface area contributed by atoms with Gasteiger partial charge >= 0.3 is 0 Å². The fourth-order valence-corrected chi connectivity index (χ4v) is 2.14. The van der Waals surface area contributed by atoms with Crippen molar-refractivity contribution in [3.63, 3.8) is 0 Å². The molecule has 0 saturated carbocycles. The summed E-state index contributed by atoms with van der Waals surface area (Å²) in [6, 6.07) is 0. The lowest BCUT2D eigenvalue weighted by atomic mass is 9.98. The molecule has 1 unspecified atom stereocenters. The zero-order valence-electron chi connectivity index (χ0n) is 12.4. The van der Waals surface area contributed by atoms with E-state index in [0.29, 0.717) is 23.9 Å². The zero-order valence-corrected chi connectivity index (χ0v) is 13.1. The monoisotopic (exact) mass is 289 g/mol. The molecule has 0 bridgehead atoms. The van der Waals surface area contributed by atoms with Crippen LogP contribution in [0.1, 0.15) is 32.6 Å². The molecule has 0 aliphatic carbocycles. The van der Waals surface area contributed by atoms with Gasteiger partial charge in [0.25, 0.3) is 0 Å². The van der Waals surface area contributed by atoms with Crippen molar-refractivity contribution in [1.82, 2.24) is 14.7 Å². The summed E-state index contributed by atoms with van der Waals surface area (Å²) in [4.78, 5) is 2.05. The summed E-state index contributed by atoms with van der Waals surface area (Å²) in [7, 11) is 3.98. The summed E-state index contributed by atoms with van der Waals surface area (Å²) < 4.78 is 7.33. The molecule has 1 heterocycles. The third kappa shape index (κ3) is 4.18. The van der Waals surface area contributed by atoms with Crippen LogP contribution in [0.2, 0.25) is 5.02 Å². The molecule has 0 radical (unpaired) electrons. The molecule has 6 heteroatoms. The van der Waals surface area contributed by atoms with E-state index in [1.165, 1.54) is 0 Å². The van der Waals surface area contributed by atoms with E-state index in [9.17, 15) is 5.11 Å². The lowest BCUT2D eigenvalue weighted by molar-refractivity contribution is -0.101. The fraction of sp³-hybridized carbons (Fsp3) is 0.769. The minimum absolute atomic E-state index is 0.471. The van der Waals surface area contributed by atoms with E-state index >= 15 is 0 Å². The molecule has 0 fully saturated rings. The Kier molecular flexibility index (Phi) is 5.80. The number of halogens is 1. The molecule has 0 aromatic carbocycles. The van der Waals surface area contributed by atoms with Gasteiger partial charge in [0.1, 0.15) is 6.10 Å². The Labute approximate surface area is 120 Å². The zero-order chi connectivity index (χ0) is 14.6. The largest absolute Gasteiger partial charge is 0.384 e. The van der Waals surface area contributed by atoms with Crippen molar-refractivity contribution >= 4 is 11.6 Å². The van der Waals surface area contributed by atoms with Crippen LogP contribution in [0.25, 0.3) is 0 Å². The number of ether oxygens (including phenoxy) is 1. The number of aromatic nitrogens is 2. The highest BCUT2D eigenvalue weighted by molar-refractivity contribution is 6.31. The highest BCUT2D eigenvalue weighted by Gasteiger charge is 2.33. The van der Waals surface area contributed by atoms with Gasteiger partial charge in [-0.2, -0.15) is 5.10 Å². The second-order valence-corrected chi connectivity index (χ2v) is 5.75. The molecule has 0 saturated heterocycles. The van der Waals surface area contributed by atoms with Crippen LogP contribution in [0.15, 0.2) is 6.20 Å². The Morgan fingerprint density at radius 3 is 2.68 bits per heavy atom. The maximum absolute atomic E-state index is 10.5. The summed E-state index contributed by atoms with van der Waals surface area (Å²) in [6.07, 6.45) is 0.752. The molecule has 5 nitrogen and oxygen atoms in total. The third-order valence-corrected chi connectivity index (χ3v) is 3.32. The summed E-state index contributed by atoms with van der Waals surface area (Å²) in [5.41, 5.74) is -0.0872. The van der Waals surface area contributed by atoms with Crippen LogP contribution in [-0.4, -0.2) is 52.6 Å². The second-order valence-electron chi connectivity index (χ2n) is 5.34. The number of aliphatic hydroxyl groups excluding tert-OH is 1. The van der Waals surface area contributed by atoms with E-state index in [4.69, 9.17) is 16.3 Å². The first-order valence-electron chi connectivity index (χ1n) is 6.47. The summed E-state index contributed by atoms with van der Waals surface area (Å²) >= 11 is 6.15. The van der Waals surface area contributed by atoms with E-state index in [2.05, 4.69) is 10.00 Å². The Bertz CT molecular complexity index is 405. The third-order valence-electron chi connectivity index (χ3n) is 3.03. The highest BCUT2D eigenvalue weighted by Crippen LogP contribution is 2.33. The van der Waals surface area contributed by atoms with E-state index in [1.807, 2.05) is 34.9 Å². The van der Waals surface area contributed by atoms with Crippen LogP contribution in [-0.2, 0) is 11.3 Å². The molecule has 1 aromatic heterocycles. The van der Waals surface area contributed by atoms with Crippen molar-refractivity contribution < 1.29 is 9.84 Å². The van der Waals surface area contributed by atoms with Gasteiger partial charge in [-0.05, 0) is 34.9 Å². The molecule has 0 spiro atoms. The van der Waals surface area contributed by atoms with Crippen molar-refractivity contribution in [2.45, 2.75) is 39.0 Å². The van der Waals surface area contributed by atoms with Crippen LogP contribution in [0, 0.1) is 0 Å². The first-order chi connectivity index (χ1) is 8.79. The maximum Gasteiger partial charge on any atom is 0.125 e. The molecule has 110 valence electrons. The number of aliphatic hydroxyl groups is 1. The van der Waals surface area contributed by atoms with Crippen molar-refractivity contribution in [1.29, 1.82) is 0 Å². The fourth-order valence-electron chi connectivity index (χ4n) is 1.90. The number of hydrogen-bond acceptors (Lipinski definition) is 4. The van der Waals surface area contributed by atoms with Crippen LogP contribution >= 0.6 is 11.6 Å². The first kappa shape index (κ1) is 16.4. The van der Waals surface area contributed by atoms with Crippen LogP contribution in [0.3, 0.4) is 0 Å². The topological polar surface area (TPSA) is 50.5 Å². The molecule has 0 aliphatic rings. The molecule has 19 heavy (non-hydrogen) atoms. The normalized spacial score (nSPS) is 14.1. The Balaban J connectivity index is 2.95. The number of rotatable bonds is 7. The minimum atomic E-state index is -0.815. The lowest BCUT2D eigenvalue weighted by Crippen LogP contribution is -2.35. The van der Waals surface area contributed by atoms with E-state index < -0.39 is 11.7 Å². The van der Waals surface area contributed by atoms with E-state index in [0.717, 1.165) is 6.54 Å². The summed E-state index contributed by atoms with van der Waals surface area (Å²) in [6.45, 7) is 7.63. The van der Waals surface area contributed by atoms with E-state index in [1.54, 1.807) is 10.9 Å². The number of hydrogen-bond donors (Lipinski definition) is 1. The smallest absolute Gasteiger partial charge is 0.125 e. The van der Waals surface area contributed by atoms with Gasteiger partial charge in [0.2, 0.25) is 0 Å². The Hall–Kier alpha value is -0.620. The maximum atomic E-state index is 10.5. The second kappa shape index (κ2) is 6.70. The van der Waals surface area contributed by atoms with Gasteiger partial charge in [-0.25, -0.2) is 0 Å². The Morgan fingerprint density at radius 2 is 2.16 bits per heavy atom. The molecular weight excluding hydrogens is 266 g/mol. The predicted octanol–water partition coefficient (Wildman–Crippen LogP) is 1.95. The SMILES string of the molecule is CCOC(C)(C)C(O)c1c(Cl)cnn1CCN(C)C. The van der Waals surface area contributed by atoms with Gasteiger partial charge in [-0.3, -0.25) is 4.68 Å². The Morgan fingerprint density at radius 1 is 1.53 bits per heavy atom.